The Morgan fingerprint density at radius 3 is 2.65 bits per heavy atom. The van der Waals surface area contributed by atoms with Gasteiger partial charge in [-0.15, -0.1) is 0 Å². The van der Waals surface area contributed by atoms with Crippen LogP contribution in [0.3, 0.4) is 0 Å². The SMILES string of the molecule is CC(Br)C(=O)NCc1ccccc1CN1CCOCC1. The fraction of sp³-hybridized carbons (Fsp3) is 0.533. The molecule has 0 aliphatic carbocycles. The van der Waals surface area contributed by atoms with Gasteiger partial charge in [-0.25, -0.2) is 0 Å². The molecule has 1 aromatic rings. The van der Waals surface area contributed by atoms with E-state index in [1.54, 1.807) is 0 Å². The van der Waals surface area contributed by atoms with Gasteiger partial charge >= 0.3 is 0 Å². The number of hydrogen-bond donors (Lipinski definition) is 1. The number of halogens is 1. The van der Waals surface area contributed by atoms with E-state index in [-0.39, 0.29) is 10.7 Å². The van der Waals surface area contributed by atoms with Crippen molar-refractivity contribution in [1.82, 2.24) is 10.2 Å². The molecule has 1 aliphatic rings. The highest BCUT2D eigenvalue weighted by molar-refractivity contribution is 9.10. The summed E-state index contributed by atoms with van der Waals surface area (Å²) in [4.78, 5) is 13.9. The number of benzene rings is 1. The van der Waals surface area contributed by atoms with Crippen molar-refractivity contribution in [2.45, 2.75) is 24.8 Å². The minimum absolute atomic E-state index is 0.0196. The lowest BCUT2D eigenvalue weighted by Crippen LogP contribution is -2.36. The third kappa shape index (κ3) is 4.58. The molecule has 1 saturated heterocycles. The molecule has 2 rings (SSSR count). The van der Waals surface area contributed by atoms with Crippen molar-refractivity contribution in [1.29, 1.82) is 0 Å². The van der Waals surface area contributed by atoms with Crippen molar-refractivity contribution in [2.24, 2.45) is 0 Å². The van der Waals surface area contributed by atoms with Crippen LogP contribution in [0.25, 0.3) is 0 Å². The average Bonchev–Trinajstić information content (AvgIpc) is 2.47. The Labute approximate surface area is 128 Å². The standard InChI is InChI=1S/C15H21BrN2O2/c1-12(16)15(19)17-10-13-4-2-3-5-14(13)11-18-6-8-20-9-7-18/h2-5,12H,6-11H2,1H3,(H,17,19). The van der Waals surface area contributed by atoms with Gasteiger partial charge in [0.1, 0.15) is 0 Å². The third-order valence-corrected chi connectivity index (χ3v) is 3.85. The Morgan fingerprint density at radius 2 is 2.00 bits per heavy atom. The maximum atomic E-state index is 11.6. The molecule has 0 saturated carbocycles. The maximum Gasteiger partial charge on any atom is 0.233 e. The zero-order valence-electron chi connectivity index (χ0n) is 11.8. The minimum Gasteiger partial charge on any atom is -0.379 e. The van der Waals surface area contributed by atoms with Crippen LogP contribution in [0.4, 0.5) is 0 Å². The Bertz CT molecular complexity index is 445. The zero-order chi connectivity index (χ0) is 14.4. The maximum absolute atomic E-state index is 11.6. The molecule has 0 spiro atoms. The summed E-state index contributed by atoms with van der Waals surface area (Å²) in [5.74, 6) is 0.0196. The molecule has 1 atom stereocenters. The topological polar surface area (TPSA) is 41.6 Å². The second-order valence-corrected chi connectivity index (χ2v) is 6.36. The second kappa shape index (κ2) is 7.76. The molecular weight excluding hydrogens is 320 g/mol. The van der Waals surface area contributed by atoms with Gasteiger partial charge in [0, 0.05) is 26.2 Å². The highest BCUT2D eigenvalue weighted by Gasteiger charge is 2.13. The quantitative estimate of drug-likeness (QED) is 0.832. The van der Waals surface area contributed by atoms with Crippen molar-refractivity contribution in [2.75, 3.05) is 26.3 Å². The van der Waals surface area contributed by atoms with Crippen LogP contribution in [-0.4, -0.2) is 41.9 Å². The Balaban J connectivity index is 1.96. The molecule has 5 heteroatoms. The van der Waals surface area contributed by atoms with Crippen molar-refractivity contribution in [3.05, 3.63) is 35.4 Å². The first-order chi connectivity index (χ1) is 9.66. The van der Waals surface area contributed by atoms with E-state index >= 15 is 0 Å². The highest BCUT2D eigenvalue weighted by Crippen LogP contribution is 2.13. The number of nitrogens with one attached hydrogen (secondary N) is 1. The number of alkyl halides is 1. The van der Waals surface area contributed by atoms with Gasteiger partial charge in [0.25, 0.3) is 0 Å². The number of carbonyl (C=O) groups is 1. The van der Waals surface area contributed by atoms with Crippen LogP contribution < -0.4 is 5.32 Å². The van der Waals surface area contributed by atoms with Crippen LogP contribution >= 0.6 is 15.9 Å². The van der Waals surface area contributed by atoms with Crippen molar-refractivity contribution < 1.29 is 9.53 Å². The molecule has 1 amide bonds. The van der Waals surface area contributed by atoms with Gasteiger partial charge in [0.05, 0.1) is 18.0 Å². The highest BCUT2D eigenvalue weighted by atomic mass is 79.9. The molecule has 1 aliphatic heterocycles. The van der Waals surface area contributed by atoms with E-state index in [4.69, 9.17) is 4.74 Å². The van der Waals surface area contributed by atoms with Crippen LogP contribution in [0, 0.1) is 0 Å². The first-order valence-electron chi connectivity index (χ1n) is 6.95. The lowest BCUT2D eigenvalue weighted by Gasteiger charge is -2.27. The summed E-state index contributed by atoms with van der Waals surface area (Å²) in [6, 6.07) is 8.28. The lowest BCUT2D eigenvalue weighted by atomic mass is 10.1. The van der Waals surface area contributed by atoms with Crippen molar-refractivity contribution in [3.63, 3.8) is 0 Å². The number of carbonyl (C=O) groups excluding carboxylic acids is 1. The molecule has 1 N–H and O–H groups in total. The zero-order valence-corrected chi connectivity index (χ0v) is 13.4. The number of rotatable bonds is 5. The van der Waals surface area contributed by atoms with E-state index in [1.165, 1.54) is 11.1 Å². The number of amides is 1. The fourth-order valence-electron chi connectivity index (χ4n) is 2.21. The molecule has 1 aromatic carbocycles. The minimum atomic E-state index is -0.158. The number of morpholine rings is 1. The number of ether oxygens (including phenoxy) is 1. The number of hydrogen-bond acceptors (Lipinski definition) is 3. The van der Waals surface area contributed by atoms with Crippen molar-refractivity contribution in [3.8, 4) is 0 Å². The first-order valence-corrected chi connectivity index (χ1v) is 7.87. The first kappa shape index (κ1) is 15.5. The molecule has 4 nitrogen and oxygen atoms in total. The molecule has 0 radical (unpaired) electrons. The van der Waals surface area contributed by atoms with E-state index in [0.717, 1.165) is 32.8 Å². The van der Waals surface area contributed by atoms with Gasteiger partial charge in [0.15, 0.2) is 0 Å². The summed E-state index contributed by atoms with van der Waals surface area (Å²) in [6.45, 7) is 6.88. The van der Waals surface area contributed by atoms with Gasteiger partial charge in [-0.2, -0.15) is 0 Å². The largest absolute Gasteiger partial charge is 0.379 e. The molecule has 20 heavy (non-hydrogen) atoms. The predicted octanol–water partition coefficient (Wildman–Crippen LogP) is 1.92. The molecule has 0 bridgehead atoms. The predicted molar refractivity (Wildman–Crippen MR) is 82.8 cm³/mol. The van der Waals surface area contributed by atoms with E-state index < -0.39 is 0 Å². The van der Waals surface area contributed by atoms with Crippen LogP contribution in [0.5, 0.6) is 0 Å². The van der Waals surface area contributed by atoms with E-state index in [9.17, 15) is 4.79 Å². The summed E-state index contributed by atoms with van der Waals surface area (Å²) in [6.07, 6.45) is 0. The van der Waals surface area contributed by atoms with Crippen LogP contribution in [0.1, 0.15) is 18.1 Å². The number of nitrogens with zero attached hydrogens (tertiary/aromatic N) is 1. The van der Waals surface area contributed by atoms with Gasteiger partial charge < -0.3 is 10.1 Å². The van der Waals surface area contributed by atoms with Crippen LogP contribution in [0.2, 0.25) is 0 Å². The smallest absolute Gasteiger partial charge is 0.233 e. The van der Waals surface area contributed by atoms with E-state index in [1.807, 2.05) is 19.1 Å². The lowest BCUT2D eigenvalue weighted by molar-refractivity contribution is -0.120. The fourth-order valence-corrected chi connectivity index (χ4v) is 2.37. The summed E-state index contributed by atoms with van der Waals surface area (Å²) in [5, 5.41) is 2.95. The summed E-state index contributed by atoms with van der Waals surface area (Å²) in [7, 11) is 0. The third-order valence-electron chi connectivity index (χ3n) is 3.43. The molecule has 110 valence electrons. The van der Waals surface area contributed by atoms with Crippen LogP contribution in [0.15, 0.2) is 24.3 Å². The molecular formula is C15H21BrN2O2. The van der Waals surface area contributed by atoms with E-state index in [2.05, 4.69) is 38.3 Å². The van der Waals surface area contributed by atoms with Gasteiger partial charge in [-0.3, -0.25) is 9.69 Å². The Morgan fingerprint density at radius 1 is 1.35 bits per heavy atom. The monoisotopic (exact) mass is 340 g/mol. The van der Waals surface area contributed by atoms with E-state index in [0.29, 0.717) is 6.54 Å². The summed E-state index contributed by atoms with van der Waals surface area (Å²) >= 11 is 3.28. The molecule has 1 heterocycles. The average molecular weight is 341 g/mol. The molecule has 1 fully saturated rings. The summed E-state index contributed by atoms with van der Waals surface area (Å²) < 4.78 is 5.37. The second-order valence-electron chi connectivity index (χ2n) is 4.99. The Kier molecular flexibility index (Phi) is 6.01. The van der Waals surface area contributed by atoms with Gasteiger partial charge in [-0.1, -0.05) is 40.2 Å². The summed E-state index contributed by atoms with van der Waals surface area (Å²) in [5.41, 5.74) is 2.46. The molecule has 1 unspecified atom stereocenters. The normalized spacial score (nSPS) is 17.7. The molecule has 0 aromatic heterocycles. The Hall–Kier alpha value is -0.910. The van der Waals surface area contributed by atoms with Gasteiger partial charge in [-0.05, 0) is 18.1 Å². The van der Waals surface area contributed by atoms with Crippen molar-refractivity contribution >= 4 is 21.8 Å². The van der Waals surface area contributed by atoms with Crippen LogP contribution in [-0.2, 0) is 22.6 Å². The van der Waals surface area contributed by atoms with Gasteiger partial charge in [0.2, 0.25) is 5.91 Å².